The highest BCUT2D eigenvalue weighted by Crippen LogP contribution is 2.29. The number of hydrogen-bond acceptors (Lipinski definition) is 4. The molecule has 0 bridgehead atoms. The van der Waals surface area contributed by atoms with Crippen LogP contribution < -0.4 is 5.32 Å². The molecule has 3 aromatic heterocycles. The van der Waals surface area contributed by atoms with Gasteiger partial charge in [-0.2, -0.15) is 0 Å². The zero-order valence-corrected chi connectivity index (χ0v) is 15.9. The van der Waals surface area contributed by atoms with E-state index in [9.17, 15) is 0 Å². The molecular formula is C18H13ClIN5. The average molecular weight is 462 g/mol. The minimum Gasteiger partial charge on any atom is -0.363 e. The molecule has 0 saturated carbocycles. The summed E-state index contributed by atoms with van der Waals surface area (Å²) in [5.74, 6) is 0.720. The Hall–Kier alpha value is -2.19. The fourth-order valence-electron chi connectivity index (χ4n) is 2.56. The van der Waals surface area contributed by atoms with Gasteiger partial charge < -0.3 is 5.32 Å². The van der Waals surface area contributed by atoms with Crippen molar-refractivity contribution in [3.05, 3.63) is 75.5 Å². The van der Waals surface area contributed by atoms with Crippen molar-refractivity contribution in [2.75, 3.05) is 5.32 Å². The van der Waals surface area contributed by atoms with Crippen LogP contribution in [0.2, 0.25) is 5.02 Å². The van der Waals surface area contributed by atoms with E-state index in [-0.39, 0.29) is 0 Å². The van der Waals surface area contributed by atoms with E-state index in [2.05, 4.69) is 37.9 Å². The maximum atomic E-state index is 6.35. The topological polar surface area (TPSA) is 55.1 Å². The Labute approximate surface area is 163 Å². The van der Waals surface area contributed by atoms with Crippen LogP contribution in [0.5, 0.6) is 0 Å². The quantitative estimate of drug-likeness (QED) is 0.449. The second-order valence-electron chi connectivity index (χ2n) is 5.44. The predicted octanol–water partition coefficient (Wildman–Crippen LogP) is 4.66. The van der Waals surface area contributed by atoms with Gasteiger partial charge in [-0.15, -0.1) is 0 Å². The van der Waals surface area contributed by atoms with Gasteiger partial charge in [0.2, 0.25) is 0 Å². The monoisotopic (exact) mass is 461 g/mol. The number of nitrogens with one attached hydrogen (secondary N) is 1. The fourth-order valence-corrected chi connectivity index (χ4v) is 3.30. The number of halogens is 2. The van der Waals surface area contributed by atoms with E-state index in [0.29, 0.717) is 11.6 Å². The van der Waals surface area contributed by atoms with Crippen molar-refractivity contribution in [2.45, 2.75) is 6.54 Å². The van der Waals surface area contributed by atoms with Crippen LogP contribution in [0.3, 0.4) is 0 Å². The van der Waals surface area contributed by atoms with E-state index in [0.717, 1.165) is 32.0 Å². The lowest BCUT2D eigenvalue weighted by atomic mass is 10.1. The van der Waals surface area contributed by atoms with Crippen molar-refractivity contribution in [2.24, 2.45) is 0 Å². The summed E-state index contributed by atoms with van der Waals surface area (Å²) in [6, 6.07) is 11.6. The smallest absolute Gasteiger partial charge is 0.180 e. The van der Waals surface area contributed by atoms with E-state index in [1.165, 1.54) is 0 Å². The number of hydrogen-bond donors (Lipinski definition) is 1. The molecular weight excluding hydrogens is 449 g/mol. The molecule has 0 unspecified atom stereocenters. The molecule has 0 saturated heterocycles. The fraction of sp³-hybridized carbons (Fsp3) is 0.0556. The second kappa shape index (κ2) is 6.97. The van der Waals surface area contributed by atoms with E-state index in [4.69, 9.17) is 16.6 Å². The number of imidazole rings is 1. The Morgan fingerprint density at radius 3 is 2.72 bits per heavy atom. The molecule has 0 fully saturated rings. The molecule has 4 rings (SSSR count). The number of benzene rings is 1. The molecule has 5 nitrogen and oxygen atoms in total. The zero-order valence-electron chi connectivity index (χ0n) is 13.0. The standard InChI is InChI=1S/C18H13ClIN5/c19-14-4-2-1-3-13(14)15-11-25-16(20)10-23-18(25)17(24-15)22-9-12-5-7-21-8-6-12/h1-8,10-11H,9H2,(H,22,24). The van der Waals surface area contributed by atoms with Crippen molar-refractivity contribution in [3.63, 3.8) is 0 Å². The van der Waals surface area contributed by atoms with Gasteiger partial charge in [0, 0.05) is 30.7 Å². The van der Waals surface area contributed by atoms with E-state index >= 15 is 0 Å². The Morgan fingerprint density at radius 1 is 1.12 bits per heavy atom. The lowest BCUT2D eigenvalue weighted by Gasteiger charge is -2.11. The van der Waals surface area contributed by atoms with Crippen molar-refractivity contribution in [3.8, 4) is 11.3 Å². The highest BCUT2D eigenvalue weighted by Gasteiger charge is 2.13. The molecule has 0 aliphatic carbocycles. The molecule has 0 spiro atoms. The van der Waals surface area contributed by atoms with Crippen LogP contribution in [-0.2, 0) is 6.54 Å². The Bertz CT molecular complexity index is 1030. The van der Waals surface area contributed by atoms with E-state index < -0.39 is 0 Å². The molecule has 0 radical (unpaired) electrons. The summed E-state index contributed by atoms with van der Waals surface area (Å²) in [6.07, 6.45) is 7.34. The highest BCUT2D eigenvalue weighted by atomic mass is 127. The molecule has 1 N–H and O–H groups in total. The van der Waals surface area contributed by atoms with Crippen LogP contribution in [0.1, 0.15) is 5.56 Å². The lowest BCUT2D eigenvalue weighted by Crippen LogP contribution is -2.05. The summed E-state index contributed by atoms with van der Waals surface area (Å²) in [6.45, 7) is 0.639. The van der Waals surface area contributed by atoms with Gasteiger partial charge in [0.25, 0.3) is 0 Å². The summed E-state index contributed by atoms with van der Waals surface area (Å²) in [5, 5.41) is 4.05. The molecule has 25 heavy (non-hydrogen) atoms. The minimum absolute atomic E-state index is 0.639. The molecule has 0 aliphatic rings. The van der Waals surface area contributed by atoms with Gasteiger partial charge in [0.15, 0.2) is 11.5 Å². The van der Waals surface area contributed by atoms with Crippen LogP contribution in [-0.4, -0.2) is 19.4 Å². The third-order valence-corrected chi connectivity index (χ3v) is 4.93. The summed E-state index contributed by atoms with van der Waals surface area (Å²) in [7, 11) is 0. The Kier molecular flexibility index (Phi) is 4.54. The Morgan fingerprint density at radius 2 is 1.92 bits per heavy atom. The first-order chi connectivity index (χ1) is 12.2. The van der Waals surface area contributed by atoms with Crippen molar-refractivity contribution in [1.82, 2.24) is 19.4 Å². The molecule has 3 heterocycles. The maximum absolute atomic E-state index is 6.35. The van der Waals surface area contributed by atoms with Crippen LogP contribution in [0.15, 0.2) is 61.2 Å². The SMILES string of the molecule is Clc1ccccc1-c1cn2c(I)cnc2c(NCc2ccncc2)n1. The molecule has 0 amide bonds. The normalized spacial score (nSPS) is 11.0. The number of nitrogens with zero attached hydrogens (tertiary/aromatic N) is 4. The zero-order chi connectivity index (χ0) is 17.2. The van der Waals surface area contributed by atoms with Crippen molar-refractivity contribution in [1.29, 1.82) is 0 Å². The number of rotatable bonds is 4. The largest absolute Gasteiger partial charge is 0.363 e. The Balaban J connectivity index is 1.78. The van der Waals surface area contributed by atoms with Crippen molar-refractivity contribution >= 4 is 45.7 Å². The summed E-state index contributed by atoms with van der Waals surface area (Å²) >= 11 is 8.61. The van der Waals surface area contributed by atoms with Gasteiger partial charge in [-0.05, 0) is 46.4 Å². The average Bonchev–Trinajstić information content (AvgIpc) is 3.02. The molecule has 7 heteroatoms. The third-order valence-electron chi connectivity index (χ3n) is 3.81. The number of pyridine rings is 1. The van der Waals surface area contributed by atoms with Crippen molar-refractivity contribution < 1.29 is 0 Å². The van der Waals surface area contributed by atoms with Crippen LogP contribution in [0, 0.1) is 3.70 Å². The van der Waals surface area contributed by atoms with Gasteiger partial charge in [-0.3, -0.25) is 9.38 Å². The van der Waals surface area contributed by atoms with Crippen LogP contribution >= 0.6 is 34.2 Å². The summed E-state index contributed by atoms with van der Waals surface area (Å²) < 4.78 is 3.02. The van der Waals surface area contributed by atoms with Gasteiger partial charge in [0.05, 0.1) is 16.9 Å². The van der Waals surface area contributed by atoms with E-state index in [1.54, 1.807) is 12.4 Å². The maximum Gasteiger partial charge on any atom is 0.180 e. The molecule has 4 aromatic rings. The first-order valence-corrected chi connectivity index (χ1v) is 9.09. The highest BCUT2D eigenvalue weighted by molar-refractivity contribution is 14.1. The number of aromatic nitrogens is 4. The van der Waals surface area contributed by atoms with Gasteiger partial charge in [0.1, 0.15) is 3.70 Å². The minimum atomic E-state index is 0.639. The molecule has 0 atom stereocenters. The number of fused-ring (bicyclic) bond motifs is 1. The first-order valence-electron chi connectivity index (χ1n) is 7.63. The van der Waals surface area contributed by atoms with Gasteiger partial charge in [-0.25, -0.2) is 9.97 Å². The predicted molar refractivity (Wildman–Crippen MR) is 108 cm³/mol. The lowest BCUT2D eigenvalue weighted by molar-refractivity contribution is 1.06. The first kappa shape index (κ1) is 16.3. The second-order valence-corrected chi connectivity index (χ2v) is 6.95. The summed E-state index contributed by atoms with van der Waals surface area (Å²) in [5.41, 5.74) is 3.60. The van der Waals surface area contributed by atoms with Gasteiger partial charge in [-0.1, -0.05) is 29.8 Å². The summed E-state index contributed by atoms with van der Waals surface area (Å²) in [4.78, 5) is 13.3. The van der Waals surface area contributed by atoms with Gasteiger partial charge >= 0.3 is 0 Å². The van der Waals surface area contributed by atoms with E-state index in [1.807, 2.05) is 53.2 Å². The van der Waals surface area contributed by atoms with Crippen LogP contribution in [0.4, 0.5) is 5.82 Å². The van der Waals surface area contributed by atoms with Crippen LogP contribution in [0.25, 0.3) is 16.9 Å². The third kappa shape index (κ3) is 3.32. The molecule has 1 aromatic carbocycles. The molecule has 0 aliphatic heterocycles. The number of anilines is 1. The molecule has 124 valence electrons.